The van der Waals surface area contributed by atoms with Crippen LogP contribution in [0.2, 0.25) is 0 Å². The molecule has 1 aromatic carbocycles. The van der Waals surface area contributed by atoms with E-state index in [1.165, 1.54) is 17.7 Å². The van der Waals surface area contributed by atoms with E-state index in [4.69, 9.17) is 0 Å². The normalized spacial score (nSPS) is 10.8. The molecule has 3 aromatic heterocycles. The minimum Gasteiger partial charge on any atom is -0.319 e. The summed E-state index contributed by atoms with van der Waals surface area (Å²) >= 11 is 4.69. The Balaban J connectivity index is 1.69. The molecule has 0 aliphatic heterocycles. The molecule has 0 atom stereocenters. The number of pyridine rings is 1. The molecule has 11 heteroatoms. The molecule has 0 amide bonds. The first-order valence-electron chi connectivity index (χ1n) is 8.02. The van der Waals surface area contributed by atoms with Crippen LogP contribution >= 0.6 is 27.3 Å². The summed E-state index contributed by atoms with van der Waals surface area (Å²) in [5, 5.41) is 18.0. The zero-order valence-electron chi connectivity index (χ0n) is 14.4. The van der Waals surface area contributed by atoms with Crippen molar-refractivity contribution in [3.8, 4) is 0 Å². The summed E-state index contributed by atoms with van der Waals surface area (Å²) in [5.74, 6) is 0.510. The van der Waals surface area contributed by atoms with Gasteiger partial charge in [0, 0.05) is 10.7 Å². The number of nitro groups is 1. The van der Waals surface area contributed by atoms with Crippen LogP contribution in [-0.2, 0) is 0 Å². The summed E-state index contributed by atoms with van der Waals surface area (Å²) in [6.07, 6.45) is 2.83. The number of nitrogens with zero attached hydrogens (tertiary/aromatic N) is 5. The zero-order valence-corrected chi connectivity index (χ0v) is 16.8. The van der Waals surface area contributed by atoms with Gasteiger partial charge < -0.3 is 10.6 Å². The summed E-state index contributed by atoms with van der Waals surface area (Å²) < 4.78 is 1.78. The third kappa shape index (κ3) is 3.75. The second-order valence-electron chi connectivity index (χ2n) is 5.78. The van der Waals surface area contributed by atoms with Crippen molar-refractivity contribution in [2.45, 2.75) is 6.92 Å². The molecule has 0 spiro atoms. The topological polar surface area (TPSA) is 119 Å². The Hall–Kier alpha value is -3.18. The van der Waals surface area contributed by atoms with Gasteiger partial charge in [-0.2, -0.15) is 0 Å². The molecule has 0 fully saturated rings. The summed E-state index contributed by atoms with van der Waals surface area (Å²) in [6, 6.07) is 9.33. The maximum absolute atomic E-state index is 11.7. The molecular weight excluding hydrogens is 446 g/mol. The van der Waals surface area contributed by atoms with Crippen LogP contribution in [0, 0.1) is 17.0 Å². The number of aryl methyl sites for hydroxylation is 1. The number of hydrogen-bond donors (Lipinski definition) is 2. The Morgan fingerprint density at radius 2 is 1.89 bits per heavy atom. The van der Waals surface area contributed by atoms with E-state index in [0.717, 1.165) is 20.3 Å². The van der Waals surface area contributed by atoms with E-state index >= 15 is 0 Å². The molecule has 0 saturated heterocycles. The van der Waals surface area contributed by atoms with Crippen LogP contribution in [0.25, 0.3) is 10.2 Å². The van der Waals surface area contributed by atoms with E-state index in [-0.39, 0.29) is 17.3 Å². The third-order valence-electron chi connectivity index (χ3n) is 3.75. The minimum absolute atomic E-state index is 0.0364. The molecule has 3 heterocycles. The lowest BCUT2D eigenvalue weighted by Crippen LogP contribution is -2.06. The second kappa shape index (κ2) is 7.44. The molecular formula is C17H12BrN7O2S. The quantitative estimate of drug-likeness (QED) is 0.319. The fourth-order valence-corrected chi connectivity index (χ4v) is 3.69. The van der Waals surface area contributed by atoms with Crippen LogP contribution in [-0.4, -0.2) is 24.9 Å². The lowest BCUT2D eigenvalue weighted by Gasteiger charge is -2.08. The van der Waals surface area contributed by atoms with Gasteiger partial charge in [0.15, 0.2) is 5.13 Å². The zero-order chi connectivity index (χ0) is 19.7. The first kappa shape index (κ1) is 18.2. The molecule has 28 heavy (non-hydrogen) atoms. The predicted molar refractivity (Wildman–Crippen MR) is 112 cm³/mol. The average Bonchev–Trinajstić information content (AvgIpc) is 3.05. The highest BCUT2D eigenvalue weighted by atomic mass is 79.9. The summed E-state index contributed by atoms with van der Waals surface area (Å²) in [7, 11) is 0. The number of fused-ring (bicyclic) bond motifs is 1. The maximum Gasteiger partial charge on any atom is 0.354 e. The first-order chi connectivity index (χ1) is 13.5. The summed E-state index contributed by atoms with van der Waals surface area (Å²) in [4.78, 5) is 27.8. The number of nitrogens with one attached hydrogen (secondary N) is 2. The van der Waals surface area contributed by atoms with Crippen LogP contribution < -0.4 is 10.6 Å². The number of halogens is 1. The number of anilines is 4. The molecule has 0 aliphatic rings. The van der Waals surface area contributed by atoms with Crippen molar-refractivity contribution in [1.29, 1.82) is 0 Å². The van der Waals surface area contributed by atoms with E-state index in [1.807, 2.05) is 25.1 Å². The molecule has 0 bridgehead atoms. The fourth-order valence-electron chi connectivity index (χ4n) is 2.49. The molecule has 4 rings (SSSR count). The molecule has 4 aromatic rings. The third-order valence-corrected chi connectivity index (χ3v) is 5.15. The van der Waals surface area contributed by atoms with Crippen molar-refractivity contribution in [3.63, 3.8) is 0 Å². The summed E-state index contributed by atoms with van der Waals surface area (Å²) in [5.41, 5.74) is 1.64. The predicted octanol–water partition coefficient (Wildman–Crippen LogP) is 4.95. The SMILES string of the molecule is Cc1ccc2nc(Nc3ncnc(Nc4ccc(Br)cn4)c3[N+](=O)[O-])sc2c1. The van der Waals surface area contributed by atoms with Crippen LogP contribution in [0.1, 0.15) is 5.56 Å². The van der Waals surface area contributed by atoms with Crippen molar-refractivity contribution >= 4 is 65.8 Å². The van der Waals surface area contributed by atoms with Crippen molar-refractivity contribution in [2.75, 3.05) is 10.6 Å². The Morgan fingerprint density at radius 1 is 1.11 bits per heavy atom. The first-order valence-corrected chi connectivity index (χ1v) is 9.63. The Morgan fingerprint density at radius 3 is 2.61 bits per heavy atom. The van der Waals surface area contributed by atoms with Gasteiger partial charge in [0.1, 0.15) is 12.1 Å². The summed E-state index contributed by atoms with van der Waals surface area (Å²) in [6.45, 7) is 2.00. The molecule has 0 unspecified atom stereocenters. The van der Waals surface area contributed by atoms with Crippen molar-refractivity contribution in [3.05, 3.63) is 63.0 Å². The van der Waals surface area contributed by atoms with Gasteiger partial charge in [0.25, 0.3) is 0 Å². The molecule has 9 nitrogen and oxygen atoms in total. The van der Waals surface area contributed by atoms with Gasteiger partial charge in [-0.3, -0.25) is 10.1 Å². The van der Waals surface area contributed by atoms with E-state index in [0.29, 0.717) is 10.9 Å². The monoisotopic (exact) mass is 457 g/mol. The van der Waals surface area contributed by atoms with Crippen LogP contribution in [0.4, 0.5) is 28.3 Å². The highest BCUT2D eigenvalue weighted by Gasteiger charge is 2.24. The minimum atomic E-state index is -0.541. The van der Waals surface area contributed by atoms with Crippen molar-refractivity contribution < 1.29 is 4.92 Å². The van der Waals surface area contributed by atoms with Gasteiger partial charge in [0.05, 0.1) is 15.1 Å². The highest BCUT2D eigenvalue weighted by Crippen LogP contribution is 2.35. The second-order valence-corrected chi connectivity index (χ2v) is 7.72. The lowest BCUT2D eigenvalue weighted by atomic mass is 10.2. The Bertz CT molecular complexity index is 1180. The standard InChI is InChI=1S/C17H12BrN7O2S/c1-9-2-4-11-12(6-9)28-17(22-11)24-16-14(25(26)27)15(20-8-21-16)23-13-5-3-10(18)7-19-13/h2-8H,1H3,(H2,19,20,21,22,23,24). The van der Waals surface area contributed by atoms with Gasteiger partial charge in [-0.25, -0.2) is 19.9 Å². The molecule has 0 radical (unpaired) electrons. The Kier molecular flexibility index (Phi) is 4.84. The molecule has 140 valence electrons. The number of hydrogen-bond acceptors (Lipinski definition) is 9. The van der Waals surface area contributed by atoms with Gasteiger partial charge >= 0.3 is 5.69 Å². The maximum atomic E-state index is 11.7. The largest absolute Gasteiger partial charge is 0.354 e. The molecule has 0 aliphatic carbocycles. The fraction of sp³-hybridized carbons (Fsp3) is 0.0588. The van der Waals surface area contributed by atoms with E-state index < -0.39 is 4.92 Å². The van der Waals surface area contributed by atoms with Crippen LogP contribution in [0.15, 0.2) is 47.3 Å². The average molecular weight is 458 g/mol. The smallest absolute Gasteiger partial charge is 0.319 e. The number of aromatic nitrogens is 4. The van der Waals surface area contributed by atoms with Crippen LogP contribution in [0.3, 0.4) is 0 Å². The molecule has 0 saturated carbocycles. The van der Waals surface area contributed by atoms with Gasteiger partial charge in [-0.1, -0.05) is 17.4 Å². The number of benzene rings is 1. The van der Waals surface area contributed by atoms with E-state index in [2.05, 4.69) is 46.5 Å². The van der Waals surface area contributed by atoms with Crippen molar-refractivity contribution in [1.82, 2.24) is 19.9 Å². The van der Waals surface area contributed by atoms with E-state index in [1.54, 1.807) is 18.3 Å². The van der Waals surface area contributed by atoms with Gasteiger partial charge in [-0.15, -0.1) is 0 Å². The number of rotatable bonds is 5. The van der Waals surface area contributed by atoms with Gasteiger partial charge in [-0.05, 0) is 52.7 Å². The Labute approximate surface area is 171 Å². The highest BCUT2D eigenvalue weighted by molar-refractivity contribution is 9.10. The van der Waals surface area contributed by atoms with E-state index in [9.17, 15) is 10.1 Å². The number of thiazole rings is 1. The lowest BCUT2D eigenvalue weighted by molar-refractivity contribution is -0.383. The van der Waals surface area contributed by atoms with Crippen LogP contribution in [0.5, 0.6) is 0 Å². The van der Waals surface area contributed by atoms with Crippen molar-refractivity contribution in [2.24, 2.45) is 0 Å². The van der Waals surface area contributed by atoms with Gasteiger partial charge in [0.2, 0.25) is 11.6 Å². The molecule has 2 N–H and O–H groups in total.